The van der Waals surface area contributed by atoms with E-state index >= 15 is 0 Å². The second-order valence-corrected chi connectivity index (χ2v) is 7.44. The molecule has 1 aromatic carbocycles. The quantitative estimate of drug-likeness (QED) is 0.737. The van der Waals surface area contributed by atoms with Crippen molar-refractivity contribution in [3.8, 4) is 0 Å². The van der Waals surface area contributed by atoms with E-state index in [9.17, 15) is 4.79 Å². The number of urea groups is 1. The number of nitrogens with zero attached hydrogens (tertiary/aromatic N) is 3. The molecule has 1 aromatic heterocycles. The Morgan fingerprint density at radius 3 is 3.00 bits per heavy atom. The first kappa shape index (κ1) is 15.6. The van der Waals surface area contributed by atoms with Gasteiger partial charge in [0, 0.05) is 48.1 Å². The third-order valence-corrected chi connectivity index (χ3v) is 5.50. The molecule has 2 aliphatic rings. The molecule has 2 aliphatic heterocycles. The van der Waals surface area contributed by atoms with E-state index < -0.39 is 0 Å². The molecule has 0 bridgehead atoms. The van der Waals surface area contributed by atoms with Gasteiger partial charge in [0.05, 0.1) is 0 Å². The van der Waals surface area contributed by atoms with Gasteiger partial charge in [-0.05, 0) is 54.7 Å². The Hall–Kier alpha value is -1.88. The topological polar surface area (TPSA) is 36.4 Å². The summed E-state index contributed by atoms with van der Waals surface area (Å²) in [7, 11) is 0. The van der Waals surface area contributed by atoms with E-state index in [1.165, 1.54) is 11.1 Å². The number of aromatic nitrogens is 1. The van der Waals surface area contributed by atoms with Gasteiger partial charge < -0.3 is 4.90 Å². The molecule has 0 saturated carbocycles. The number of rotatable bonds is 1. The lowest BCUT2D eigenvalue weighted by atomic mass is 10.0. The Kier molecular flexibility index (Phi) is 4.27. The van der Waals surface area contributed by atoms with Crippen LogP contribution in [0.25, 0.3) is 0 Å². The number of carbonyl (C=O) groups excluding carboxylic acids is 1. The largest absolute Gasteiger partial charge is 0.324 e. The lowest BCUT2D eigenvalue weighted by molar-refractivity contribution is 0.214. The van der Waals surface area contributed by atoms with Crippen molar-refractivity contribution in [2.24, 2.45) is 0 Å². The number of carbonyl (C=O) groups is 1. The van der Waals surface area contributed by atoms with Crippen LogP contribution in [0.1, 0.15) is 29.9 Å². The van der Waals surface area contributed by atoms with Gasteiger partial charge in [0.25, 0.3) is 0 Å². The average Bonchev–Trinajstić information content (AvgIpc) is 3.11. The molecule has 2 aromatic rings. The molecule has 0 aliphatic carbocycles. The molecule has 4 rings (SSSR count). The Morgan fingerprint density at radius 2 is 2.17 bits per heavy atom. The molecule has 2 amide bonds. The molecule has 0 N–H and O–H groups in total. The third kappa shape index (κ3) is 2.93. The molecule has 1 atom stereocenters. The van der Waals surface area contributed by atoms with E-state index in [-0.39, 0.29) is 6.03 Å². The molecule has 1 saturated heterocycles. The van der Waals surface area contributed by atoms with Gasteiger partial charge in [0.15, 0.2) is 0 Å². The minimum absolute atomic E-state index is 0.143. The highest BCUT2D eigenvalue weighted by Gasteiger charge is 2.32. The Labute approximate surface area is 150 Å². The van der Waals surface area contributed by atoms with Gasteiger partial charge in [-0.3, -0.25) is 9.88 Å². The third-order valence-electron chi connectivity index (χ3n) is 5.01. The second kappa shape index (κ2) is 6.55. The number of hydrogen-bond acceptors (Lipinski definition) is 2. The SMILES string of the molecule is O=C(N1CCC(c2cccnc2)C1)N1CCCc2cc(Br)ccc21. The molecule has 5 heteroatoms. The number of pyridine rings is 1. The minimum Gasteiger partial charge on any atom is -0.324 e. The molecule has 1 fully saturated rings. The van der Waals surface area contributed by atoms with Crippen molar-refractivity contribution in [2.75, 3.05) is 24.5 Å². The zero-order chi connectivity index (χ0) is 16.5. The van der Waals surface area contributed by atoms with Crippen LogP contribution in [-0.2, 0) is 6.42 Å². The molecule has 3 heterocycles. The summed E-state index contributed by atoms with van der Waals surface area (Å²) in [5, 5.41) is 0. The molecule has 4 nitrogen and oxygen atoms in total. The summed E-state index contributed by atoms with van der Waals surface area (Å²) in [6.45, 7) is 2.41. The zero-order valence-corrected chi connectivity index (χ0v) is 15.1. The fourth-order valence-electron chi connectivity index (χ4n) is 3.76. The lowest BCUT2D eigenvalue weighted by Crippen LogP contribution is -2.44. The molecular weight excluding hydrogens is 366 g/mol. The monoisotopic (exact) mass is 385 g/mol. The first-order valence-electron chi connectivity index (χ1n) is 8.47. The second-order valence-electron chi connectivity index (χ2n) is 6.53. The number of anilines is 1. The van der Waals surface area contributed by atoms with Gasteiger partial charge in [-0.25, -0.2) is 4.79 Å². The van der Waals surface area contributed by atoms with Crippen LogP contribution in [-0.4, -0.2) is 35.5 Å². The van der Waals surface area contributed by atoms with Crippen LogP contribution < -0.4 is 4.90 Å². The standard InChI is InChI=1S/C19H20BrN3O/c20-17-5-6-18-14(11-17)4-2-9-23(18)19(24)22-10-7-16(13-22)15-3-1-8-21-12-15/h1,3,5-6,8,11-12,16H,2,4,7,9-10,13H2. The predicted molar refractivity (Wildman–Crippen MR) is 98.4 cm³/mol. The molecule has 124 valence electrons. The maximum Gasteiger partial charge on any atom is 0.324 e. The number of fused-ring (bicyclic) bond motifs is 1. The minimum atomic E-state index is 0.143. The summed E-state index contributed by atoms with van der Waals surface area (Å²) in [6, 6.07) is 10.4. The van der Waals surface area contributed by atoms with Crippen molar-refractivity contribution in [3.05, 3.63) is 58.3 Å². The first-order chi connectivity index (χ1) is 11.7. The van der Waals surface area contributed by atoms with Crippen LogP contribution in [0.4, 0.5) is 10.5 Å². The molecule has 24 heavy (non-hydrogen) atoms. The van der Waals surface area contributed by atoms with Crippen molar-refractivity contribution < 1.29 is 4.79 Å². The molecular formula is C19H20BrN3O. The highest BCUT2D eigenvalue weighted by atomic mass is 79.9. The van der Waals surface area contributed by atoms with E-state index in [4.69, 9.17) is 0 Å². The fraction of sp³-hybridized carbons (Fsp3) is 0.368. The van der Waals surface area contributed by atoms with Crippen molar-refractivity contribution in [2.45, 2.75) is 25.2 Å². The van der Waals surface area contributed by atoms with Crippen LogP contribution in [0.15, 0.2) is 47.2 Å². The van der Waals surface area contributed by atoms with Gasteiger partial charge in [-0.2, -0.15) is 0 Å². The number of amides is 2. The smallest absolute Gasteiger partial charge is 0.324 e. The van der Waals surface area contributed by atoms with Crippen molar-refractivity contribution in [1.82, 2.24) is 9.88 Å². The summed E-state index contributed by atoms with van der Waals surface area (Å²) >= 11 is 3.53. The maximum absolute atomic E-state index is 13.0. The Balaban J connectivity index is 1.52. The fourth-order valence-corrected chi connectivity index (χ4v) is 4.17. The van der Waals surface area contributed by atoms with E-state index in [2.05, 4.69) is 39.1 Å². The number of halogens is 1. The molecule has 1 unspecified atom stereocenters. The van der Waals surface area contributed by atoms with Gasteiger partial charge in [0.1, 0.15) is 0 Å². The number of aryl methyl sites for hydroxylation is 1. The van der Waals surface area contributed by atoms with Gasteiger partial charge in [-0.15, -0.1) is 0 Å². The van der Waals surface area contributed by atoms with Crippen LogP contribution in [0.5, 0.6) is 0 Å². The van der Waals surface area contributed by atoms with Gasteiger partial charge in [-0.1, -0.05) is 22.0 Å². The van der Waals surface area contributed by atoms with Crippen LogP contribution in [0.3, 0.4) is 0 Å². The maximum atomic E-state index is 13.0. The molecule has 0 radical (unpaired) electrons. The van der Waals surface area contributed by atoms with Crippen molar-refractivity contribution >= 4 is 27.6 Å². The van der Waals surface area contributed by atoms with E-state index in [1.807, 2.05) is 28.1 Å². The van der Waals surface area contributed by atoms with Gasteiger partial charge >= 0.3 is 6.03 Å². The number of benzene rings is 1. The highest BCUT2D eigenvalue weighted by Crippen LogP contribution is 2.33. The van der Waals surface area contributed by atoms with Crippen LogP contribution >= 0.6 is 15.9 Å². The number of hydrogen-bond donors (Lipinski definition) is 0. The number of likely N-dealkylation sites (tertiary alicyclic amines) is 1. The highest BCUT2D eigenvalue weighted by molar-refractivity contribution is 9.10. The summed E-state index contributed by atoms with van der Waals surface area (Å²) in [5.74, 6) is 0.400. The average molecular weight is 386 g/mol. The van der Waals surface area contributed by atoms with Crippen LogP contribution in [0.2, 0.25) is 0 Å². The van der Waals surface area contributed by atoms with Crippen molar-refractivity contribution in [1.29, 1.82) is 0 Å². The van der Waals surface area contributed by atoms with Gasteiger partial charge in [0.2, 0.25) is 0 Å². The first-order valence-corrected chi connectivity index (χ1v) is 9.26. The lowest BCUT2D eigenvalue weighted by Gasteiger charge is -2.33. The van der Waals surface area contributed by atoms with E-state index in [0.29, 0.717) is 5.92 Å². The van der Waals surface area contributed by atoms with E-state index in [0.717, 1.165) is 49.1 Å². The summed E-state index contributed by atoms with van der Waals surface area (Å²) in [5.41, 5.74) is 3.56. The van der Waals surface area contributed by atoms with E-state index in [1.54, 1.807) is 6.20 Å². The normalized spacial score (nSPS) is 20.1. The Bertz CT molecular complexity index is 750. The summed E-state index contributed by atoms with van der Waals surface area (Å²) in [6.07, 6.45) is 6.79. The summed E-state index contributed by atoms with van der Waals surface area (Å²) in [4.78, 5) is 21.2. The summed E-state index contributed by atoms with van der Waals surface area (Å²) < 4.78 is 1.08. The molecule has 0 spiro atoms. The zero-order valence-electron chi connectivity index (χ0n) is 13.5. The Morgan fingerprint density at radius 1 is 1.25 bits per heavy atom. The van der Waals surface area contributed by atoms with Crippen molar-refractivity contribution in [3.63, 3.8) is 0 Å². The predicted octanol–water partition coefficient (Wildman–Crippen LogP) is 4.21. The van der Waals surface area contributed by atoms with Crippen LogP contribution in [0, 0.1) is 0 Å².